The highest BCUT2D eigenvalue weighted by atomic mass is 15.0. The SMILES string of the molecule is c1ccc(-c2ccc(-n3c4ccccc4c4ccc(-c5cccc6c5c5ccncc5n6-c5ccccc5)cc43)cc2)cc1. The summed E-state index contributed by atoms with van der Waals surface area (Å²) >= 11 is 0. The highest BCUT2D eigenvalue weighted by Gasteiger charge is 2.18. The molecule has 0 bridgehead atoms. The summed E-state index contributed by atoms with van der Waals surface area (Å²) in [6.07, 6.45) is 3.88. The van der Waals surface area contributed by atoms with Crippen molar-refractivity contribution >= 4 is 43.6 Å². The van der Waals surface area contributed by atoms with Crippen molar-refractivity contribution in [3.63, 3.8) is 0 Å². The molecule has 6 aromatic carbocycles. The maximum atomic E-state index is 4.51. The van der Waals surface area contributed by atoms with Crippen LogP contribution in [0.4, 0.5) is 0 Å². The molecule has 44 heavy (non-hydrogen) atoms. The number of hydrogen-bond acceptors (Lipinski definition) is 1. The van der Waals surface area contributed by atoms with Crippen LogP contribution in [0.2, 0.25) is 0 Å². The molecule has 206 valence electrons. The first kappa shape index (κ1) is 24.6. The topological polar surface area (TPSA) is 22.8 Å². The van der Waals surface area contributed by atoms with Gasteiger partial charge in [0.15, 0.2) is 0 Å². The Morgan fingerprint density at radius 2 is 1.02 bits per heavy atom. The van der Waals surface area contributed by atoms with Crippen molar-refractivity contribution in [2.45, 2.75) is 0 Å². The number of benzene rings is 6. The fraction of sp³-hybridized carbons (Fsp3) is 0. The van der Waals surface area contributed by atoms with Gasteiger partial charge in [0, 0.05) is 39.1 Å². The number of nitrogens with zero attached hydrogens (tertiary/aromatic N) is 3. The van der Waals surface area contributed by atoms with Gasteiger partial charge in [-0.3, -0.25) is 4.98 Å². The van der Waals surface area contributed by atoms with Gasteiger partial charge in [0.1, 0.15) is 0 Å². The van der Waals surface area contributed by atoms with E-state index in [4.69, 9.17) is 0 Å². The average Bonchev–Trinajstić information content (AvgIpc) is 3.62. The number of rotatable bonds is 4. The van der Waals surface area contributed by atoms with E-state index < -0.39 is 0 Å². The smallest absolute Gasteiger partial charge is 0.0724 e. The fourth-order valence-electron chi connectivity index (χ4n) is 6.86. The third-order valence-corrected chi connectivity index (χ3v) is 8.83. The molecule has 0 radical (unpaired) electrons. The molecule has 3 heterocycles. The van der Waals surface area contributed by atoms with E-state index in [0.29, 0.717) is 0 Å². The molecular formula is C41H27N3. The van der Waals surface area contributed by atoms with Crippen molar-refractivity contribution in [3.8, 4) is 33.6 Å². The van der Waals surface area contributed by atoms with Gasteiger partial charge in [-0.2, -0.15) is 0 Å². The van der Waals surface area contributed by atoms with Crippen LogP contribution in [0, 0.1) is 0 Å². The van der Waals surface area contributed by atoms with E-state index in [1.807, 2.05) is 12.4 Å². The van der Waals surface area contributed by atoms with E-state index in [-0.39, 0.29) is 0 Å². The van der Waals surface area contributed by atoms with Crippen molar-refractivity contribution in [3.05, 3.63) is 164 Å². The summed E-state index contributed by atoms with van der Waals surface area (Å²) in [4.78, 5) is 4.51. The normalized spacial score (nSPS) is 11.6. The van der Waals surface area contributed by atoms with Crippen LogP contribution in [0.25, 0.3) is 77.2 Å². The van der Waals surface area contributed by atoms with E-state index in [1.54, 1.807) is 0 Å². The summed E-state index contributed by atoms with van der Waals surface area (Å²) in [6, 6.07) is 54.5. The van der Waals surface area contributed by atoms with Crippen LogP contribution >= 0.6 is 0 Å². The van der Waals surface area contributed by atoms with Crippen LogP contribution in [-0.4, -0.2) is 14.1 Å². The van der Waals surface area contributed by atoms with E-state index >= 15 is 0 Å². The molecule has 0 unspecified atom stereocenters. The van der Waals surface area contributed by atoms with Gasteiger partial charge in [0.05, 0.1) is 28.3 Å². The molecule has 3 aromatic heterocycles. The molecule has 0 spiro atoms. The first-order chi connectivity index (χ1) is 21.8. The Morgan fingerprint density at radius 1 is 0.386 bits per heavy atom. The minimum absolute atomic E-state index is 1.11. The Balaban J connectivity index is 1.29. The van der Waals surface area contributed by atoms with Crippen molar-refractivity contribution in [2.24, 2.45) is 0 Å². The number of hydrogen-bond donors (Lipinski definition) is 0. The first-order valence-electron chi connectivity index (χ1n) is 15.0. The van der Waals surface area contributed by atoms with E-state index in [9.17, 15) is 0 Å². The van der Waals surface area contributed by atoms with Crippen LogP contribution < -0.4 is 0 Å². The summed E-state index contributed by atoms with van der Waals surface area (Å²) in [7, 11) is 0. The standard InChI is InChI=1S/C41H27N3/c1-3-10-28(11-4-1)29-18-21-32(22-19-29)43-37-16-8-7-14-34(37)35-23-20-30(26-39(35)43)33-15-9-17-38-41(33)36-24-25-42-27-40(36)44(38)31-12-5-2-6-13-31/h1-27H. The van der Waals surface area contributed by atoms with Gasteiger partial charge < -0.3 is 9.13 Å². The molecule has 0 N–H and O–H groups in total. The lowest BCUT2D eigenvalue weighted by Crippen LogP contribution is -1.94. The Labute approximate surface area is 254 Å². The first-order valence-corrected chi connectivity index (χ1v) is 15.0. The van der Waals surface area contributed by atoms with E-state index in [0.717, 1.165) is 16.9 Å². The minimum atomic E-state index is 1.11. The molecule has 0 fully saturated rings. The molecule has 0 atom stereocenters. The predicted octanol–water partition coefficient (Wildman–Crippen LogP) is 10.6. The largest absolute Gasteiger partial charge is 0.309 e. The van der Waals surface area contributed by atoms with Gasteiger partial charge in [-0.15, -0.1) is 0 Å². The molecule has 0 aliphatic rings. The van der Waals surface area contributed by atoms with Gasteiger partial charge in [0.2, 0.25) is 0 Å². The van der Waals surface area contributed by atoms with Crippen LogP contribution in [-0.2, 0) is 0 Å². The number of aromatic nitrogens is 3. The molecule has 9 aromatic rings. The zero-order valence-corrected chi connectivity index (χ0v) is 23.9. The quantitative estimate of drug-likeness (QED) is 0.210. The summed E-state index contributed by atoms with van der Waals surface area (Å²) in [5, 5.41) is 4.94. The summed E-state index contributed by atoms with van der Waals surface area (Å²) in [6.45, 7) is 0. The zero-order valence-electron chi connectivity index (χ0n) is 23.9. The third kappa shape index (κ3) is 3.73. The van der Waals surface area contributed by atoms with E-state index in [2.05, 4.69) is 166 Å². The predicted molar refractivity (Wildman–Crippen MR) is 184 cm³/mol. The molecular weight excluding hydrogens is 534 g/mol. The second-order valence-corrected chi connectivity index (χ2v) is 11.3. The maximum Gasteiger partial charge on any atom is 0.0724 e. The van der Waals surface area contributed by atoms with Crippen LogP contribution in [0.3, 0.4) is 0 Å². The highest BCUT2D eigenvalue weighted by Crippen LogP contribution is 2.40. The molecule has 3 heteroatoms. The lowest BCUT2D eigenvalue weighted by atomic mass is 9.98. The monoisotopic (exact) mass is 561 g/mol. The molecule has 0 amide bonds. The lowest BCUT2D eigenvalue weighted by molar-refractivity contribution is 1.17. The fourth-order valence-corrected chi connectivity index (χ4v) is 6.86. The van der Waals surface area contributed by atoms with Crippen molar-refractivity contribution < 1.29 is 0 Å². The molecule has 0 aliphatic heterocycles. The average molecular weight is 562 g/mol. The Kier molecular flexibility index (Phi) is 5.50. The Morgan fingerprint density at radius 3 is 1.86 bits per heavy atom. The minimum Gasteiger partial charge on any atom is -0.309 e. The van der Waals surface area contributed by atoms with E-state index in [1.165, 1.54) is 60.3 Å². The van der Waals surface area contributed by atoms with Crippen molar-refractivity contribution in [1.82, 2.24) is 14.1 Å². The molecule has 0 aliphatic carbocycles. The van der Waals surface area contributed by atoms with Crippen LogP contribution in [0.1, 0.15) is 0 Å². The summed E-state index contributed by atoms with van der Waals surface area (Å²) in [5.41, 5.74) is 11.8. The second-order valence-electron chi connectivity index (χ2n) is 11.3. The zero-order chi connectivity index (χ0) is 29.0. The van der Waals surface area contributed by atoms with Crippen LogP contribution in [0.15, 0.2) is 164 Å². The second kappa shape index (κ2) is 9.82. The van der Waals surface area contributed by atoms with Gasteiger partial charge in [-0.1, -0.05) is 103 Å². The number of para-hydroxylation sites is 2. The molecule has 3 nitrogen and oxygen atoms in total. The van der Waals surface area contributed by atoms with Gasteiger partial charge >= 0.3 is 0 Å². The Bertz CT molecular complexity index is 2470. The summed E-state index contributed by atoms with van der Waals surface area (Å²) < 4.78 is 4.73. The van der Waals surface area contributed by atoms with Crippen molar-refractivity contribution in [1.29, 1.82) is 0 Å². The highest BCUT2D eigenvalue weighted by molar-refractivity contribution is 6.17. The molecule has 0 saturated carbocycles. The van der Waals surface area contributed by atoms with Gasteiger partial charge in [0.25, 0.3) is 0 Å². The van der Waals surface area contributed by atoms with Crippen LogP contribution in [0.5, 0.6) is 0 Å². The van der Waals surface area contributed by atoms with Crippen molar-refractivity contribution in [2.75, 3.05) is 0 Å². The van der Waals surface area contributed by atoms with Gasteiger partial charge in [-0.25, -0.2) is 0 Å². The lowest BCUT2D eigenvalue weighted by Gasteiger charge is -2.11. The number of pyridine rings is 1. The molecule has 9 rings (SSSR count). The third-order valence-electron chi connectivity index (χ3n) is 8.83. The molecule has 0 saturated heterocycles. The number of fused-ring (bicyclic) bond motifs is 6. The van der Waals surface area contributed by atoms with Gasteiger partial charge in [-0.05, 0) is 70.8 Å². The Hall–Kier alpha value is -5.93. The summed E-state index contributed by atoms with van der Waals surface area (Å²) in [5.74, 6) is 0. The maximum absolute atomic E-state index is 4.51.